The third-order valence-electron chi connectivity index (χ3n) is 6.64. The zero-order valence-electron chi connectivity index (χ0n) is 16.7. The molecule has 0 heterocycles. The molecule has 0 unspecified atom stereocenters. The highest BCUT2D eigenvalue weighted by atomic mass is 16.5. The Labute approximate surface area is 153 Å². The van der Waals surface area contributed by atoms with Crippen LogP contribution < -0.4 is 0 Å². The second-order valence-electron chi connectivity index (χ2n) is 9.05. The van der Waals surface area contributed by atoms with Crippen molar-refractivity contribution in [2.75, 3.05) is 0 Å². The molecule has 1 fully saturated rings. The number of fused-ring (bicyclic) bond motifs is 1. The van der Waals surface area contributed by atoms with Crippen LogP contribution in [0.2, 0.25) is 0 Å². The number of hydrogen-bond donors (Lipinski definition) is 1. The Morgan fingerprint density at radius 3 is 2.56 bits per heavy atom. The molecular weight excluding hydrogens is 312 g/mol. The van der Waals surface area contributed by atoms with Crippen LogP contribution >= 0.6 is 0 Å². The van der Waals surface area contributed by atoms with E-state index < -0.39 is 5.60 Å². The summed E-state index contributed by atoms with van der Waals surface area (Å²) in [6.07, 6.45) is 9.50. The van der Waals surface area contributed by atoms with Crippen molar-refractivity contribution in [1.82, 2.24) is 0 Å². The van der Waals surface area contributed by atoms with Crippen LogP contribution in [0.1, 0.15) is 73.1 Å². The van der Waals surface area contributed by atoms with Gasteiger partial charge in [0.25, 0.3) is 0 Å². The molecule has 2 aliphatic carbocycles. The molecule has 0 amide bonds. The highest BCUT2D eigenvalue weighted by Gasteiger charge is 2.46. The van der Waals surface area contributed by atoms with Gasteiger partial charge in [0.15, 0.2) is 0 Å². The normalized spacial score (nSPS) is 41.1. The maximum absolute atomic E-state index is 11.5. The maximum atomic E-state index is 11.5. The zero-order chi connectivity index (χ0) is 18.8. The fraction of sp³-hybridized carbons (Fsp3) is 0.773. The van der Waals surface area contributed by atoms with Gasteiger partial charge in [-0.25, -0.2) is 0 Å². The van der Waals surface area contributed by atoms with Gasteiger partial charge < -0.3 is 9.84 Å². The van der Waals surface area contributed by atoms with Crippen LogP contribution in [-0.4, -0.2) is 22.8 Å². The quantitative estimate of drug-likeness (QED) is 0.561. The number of hydrogen-bond acceptors (Lipinski definition) is 3. The van der Waals surface area contributed by atoms with Crippen LogP contribution in [0.25, 0.3) is 0 Å². The number of aliphatic hydroxyl groups is 1. The largest absolute Gasteiger partial charge is 0.458 e. The summed E-state index contributed by atoms with van der Waals surface area (Å²) < 4.78 is 5.51. The Morgan fingerprint density at radius 2 is 1.96 bits per heavy atom. The Bertz CT molecular complexity index is 531. The summed E-state index contributed by atoms with van der Waals surface area (Å²) in [5, 5.41) is 10.7. The van der Waals surface area contributed by atoms with Crippen LogP contribution in [-0.2, 0) is 9.53 Å². The Hall–Kier alpha value is -1.09. The molecule has 1 saturated carbocycles. The molecule has 1 N–H and O–H groups in total. The molecule has 0 bridgehead atoms. The second-order valence-corrected chi connectivity index (χ2v) is 9.05. The highest BCUT2D eigenvalue weighted by Crippen LogP contribution is 2.55. The van der Waals surface area contributed by atoms with Gasteiger partial charge in [0.2, 0.25) is 0 Å². The van der Waals surface area contributed by atoms with Crippen molar-refractivity contribution in [2.45, 2.75) is 84.8 Å². The lowest BCUT2D eigenvalue weighted by Crippen LogP contribution is -2.31. The van der Waals surface area contributed by atoms with E-state index >= 15 is 0 Å². The number of esters is 1. The number of allylic oxidation sites excluding steroid dienone is 1. The molecule has 0 saturated heterocycles. The van der Waals surface area contributed by atoms with Gasteiger partial charge >= 0.3 is 5.97 Å². The van der Waals surface area contributed by atoms with Gasteiger partial charge in [0.1, 0.15) is 6.10 Å². The van der Waals surface area contributed by atoms with E-state index in [0.717, 1.165) is 18.4 Å². The van der Waals surface area contributed by atoms with Gasteiger partial charge in [-0.05, 0) is 74.2 Å². The molecule has 2 rings (SSSR count). The molecule has 0 spiro atoms. The Kier molecular flexibility index (Phi) is 6.19. The summed E-state index contributed by atoms with van der Waals surface area (Å²) in [7, 11) is 0. The average molecular weight is 349 g/mol. The smallest absolute Gasteiger partial charge is 0.303 e. The summed E-state index contributed by atoms with van der Waals surface area (Å²) in [6, 6.07) is 0. The van der Waals surface area contributed by atoms with Crippen LogP contribution in [0.4, 0.5) is 0 Å². The second kappa shape index (κ2) is 7.65. The monoisotopic (exact) mass is 348 g/mol. The molecule has 5 atom stereocenters. The number of carbonyl (C=O) groups is 1. The fourth-order valence-corrected chi connectivity index (χ4v) is 5.04. The van der Waals surface area contributed by atoms with Gasteiger partial charge in [-0.15, -0.1) is 0 Å². The molecule has 25 heavy (non-hydrogen) atoms. The lowest BCUT2D eigenvalue weighted by molar-refractivity contribution is -0.145. The van der Waals surface area contributed by atoms with E-state index in [1.165, 1.54) is 19.8 Å². The predicted octanol–water partition coefficient (Wildman–Crippen LogP) is 5.04. The number of ether oxygens (including phenoxy) is 1. The molecule has 0 aromatic heterocycles. The van der Waals surface area contributed by atoms with Crippen molar-refractivity contribution in [3.63, 3.8) is 0 Å². The molecule has 0 aromatic carbocycles. The molecule has 0 aromatic rings. The van der Waals surface area contributed by atoms with E-state index in [1.807, 2.05) is 13.0 Å². The van der Waals surface area contributed by atoms with Gasteiger partial charge in [0, 0.05) is 6.92 Å². The molecule has 3 nitrogen and oxygen atoms in total. The maximum Gasteiger partial charge on any atom is 0.303 e. The number of rotatable bonds is 2. The molecule has 2 aliphatic rings. The van der Waals surface area contributed by atoms with E-state index in [-0.39, 0.29) is 17.5 Å². The summed E-state index contributed by atoms with van der Waals surface area (Å²) in [4.78, 5) is 11.5. The number of carbonyl (C=O) groups excluding carboxylic acids is 1. The first kappa shape index (κ1) is 20.2. The third kappa shape index (κ3) is 4.75. The van der Waals surface area contributed by atoms with Gasteiger partial charge in [0.05, 0.1) is 5.60 Å². The topological polar surface area (TPSA) is 46.5 Å². The van der Waals surface area contributed by atoms with Crippen molar-refractivity contribution in [1.29, 1.82) is 0 Å². The summed E-state index contributed by atoms with van der Waals surface area (Å²) >= 11 is 0. The van der Waals surface area contributed by atoms with Crippen molar-refractivity contribution >= 4 is 5.97 Å². The van der Waals surface area contributed by atoms with Crippen LogP contribution in [0.3, 0.4) is 0 Å². The van der Waals surface area contributed by atoms with Crippen LogP contribution in [0.15, 0.2) is 24.3 Å². The van der Waals surface area contributed by atoms with Crippen molar-refractivity contribution in [3.05, 3.63) is 24.3 Å². The van der Waals surface area contributed by atoms with E-state index in [0.29, 0.717) is 30.6 Å². The Balaban J connectivity index is 2.32. The first-order valence-electron chi connectivity index (χ1n) is 9.82. The predicted molar refractivity (Wildman–Crippen MR) is 102 cm³/mol. The van der Waals surface area contributed by atoms with E-state index in [1.54, 1.807) is 0 Å². The van der Waals surface area contributed by atoms with Crippen LogP contribution in [0, 0.1) is 23.2 Å². The minimum Gasteiger partial charge on any atom is -0.458 e. The van der Waals surface area contributed by atoms with Crippen molar-refractivity contribution in [2.24, 2.45) is 23.2 Å². The minimum absolute atomic E-state index is 0.203. The molecular formula is C22H36O3. The zero-order valence-corrected chi connectivity index (χ0v) is 16.7. The molecule has 142 valence electrons. The molecule has 0 radical (unpaired) electrons. The van der Waals surface area contributed by atoms with Crippen molar-refractivity contribution in [3.8, 4) is 0 Å². The average Bonchev–Trinajstić information content (AvgIpc) is 2.83. The molecule has 3 heteroatoms. The lowest BCUT2D eigenvalue weighted by atomic mass is 9.66. The molecule has 0 aliphatic heterocycles. The van der Waals surface area contributed by atoms with Crippen LogP contribution in [0.5, 0.6) is 0 Å². The third-order valence-corrected chi connectivity index (χ3v) is 6.64. The minimum atomic E-state index is -0.875. The van der Waals surface area contributed by atoms with Gasteiger partial charge in [-0.3, -0.25) is 4.79 Å². The summed E-state index contributed by atoms with van der Waals surface area (Å²) in [5.74, 6) is 1.53. The highest BCUT2D eigenvalue weighted by molar-refractivity contribution is 5.66. The Morgan fingerprint density at radius 1 is 1.28 bits per heavy atom. The van der Waals surface area contributed by atoms with E-state index in [9.17, 15) is 9.90 Å². The van der Waals surface area contributed by atoms with Gasteiger partial charge in [-0.2, -0.15) is 0 Å². The SMILES string of the molecule is C=C1CC[C@@]2(C)[C@@H](C(C)C)CC[C@@H]2/C=C/[C@@](C)(O)CC[C@@H]1OC(C)=O. The first-order valence-corrected chi connectivity index (χ1v) is 9.82. The van der Waals surface area contributed by atoms with Gasteiger partial charge in [-0.1, -0.05) is 39.5 Å². The van der Waals surface area contributed by atoms with E-state index in [4.69, 9.17) is 4.74 Å². The van der Waals surface area contributed by atoms with E-state index in [2.05, 4.69) is 33.4 Å². The first-order chi connectivity index (χ1) is 11.5. The standard InChI is InChI=1S/C22H36O3/c1-15(2)19-8-7-18-10-12-21(5,24)13-11-20(25-17(4)23)16(3)9-14-22(18,19)6/h10,12,15,18-20,24H,3,7-9,11,13-14H2,1-2,4-6H3/b12-10+/t18-,19-,20+,21-,22-/m1/s1. The lowest BCUT2D eigenvalue weighted by Gasteiger charge is -2.39. The fourth-order valence-electron chi connectivity index (χ4n) is 5.04. The summed E-state index contributed by atoms with van der Waals surface area (Å²) in [5.41, 5.74) is 0.316. The van der Waals surface area contributed by atoms with Crippen molar-refractivity contribution < 1.29 is 14.6 Å². The summed E-state index contributed by atoms with van der Waals surface area (Å²) in [6.45, 7) is 14.6.